The van der Waals surface area contributed by atoms with Gasteiger partial charge >= 0.3 is 5.97 Å². The molecule has 1 unspecified atom stereocenters. The van der Waals surface area contributed by atoms with Gasteiger partial charge in [-0.25, -0.2) is 0 Å². The Balaban J connectivity index is 2.28. The quantitative estimate of drug-likeness (QED) is 0.690. The molecule has 1 rings (SSSR count). The van der Waals surface area contributed by atoms with E-state index in [0.717, 1.165) is 5.69 Å². The summed E-state index contributed by atoms with van der Waals surface area (Å²) in [7, 11) is 0. The number of anilines is 1. The summed E-state index contributed by atoms with van der Waals surface area (Å²) in [5.74, 6) is -1.14. The number of aliphatic carboxylic acids is 1. The summed E-state index contributed by atoms with van der Waals surface area (Å²) in [6.45, 7) is 1.79. The lowest BCUT2D eigenvalue weighted by atomic mass is 10.2. The highest BCUT2D eigenvalue weighted by Gasteiger charge is 2.10. The molecule has 0 aliphatic heterocycles. The molecule has 1 atom stereocenters. The van der Waals surface area contributed by atoms with Crippen LogP contribution < -0.4 is 10.6 Å². The lowest BCUT2D eigenvalue weighted by Gasteiger charge is -2.12. The summed E-state index contributed by atoms with van der Waals surface area (Å²) in [5.41, 5.74) is 0.855. The van der Waals surface area contributed by atoms with Gasteiger partial charge in [-0.15, -0.1) is 0 Å². The smallest absolute Gasteiger partial charge is 0.305 e. The molecule has 0 aliphatic rings. The number of carboxylic acid groups (broad SMARTS) is 1. The average molecular weight is 236 g/mol. The number of amides is 1. The van der Waals surface area contributed by atoms with Gasteiger partial charge in [0.05, 0.1) is 13.0 Å². The molecule has 1 aromatic carbocycles. The number of carboxylic acids is 1. The van der Waals surface area contributed by atoms with E-state index in [1.165, 1.54) is 0 Å². The van der Waals surface area contributed by atoms with E-state index < -0.39 is 5.97 Å². The van der Waals surface area contributed by atoms with Gasteiger partial charge in [0, 0.05) is 11.7 Å². The Labute approximate surface area is 99.8 Å². The lowest BCUT2D eigenvalue weighted by Crippen LogP contribution is -2.37. The van der Waals surface area contributed by atoms with Crippen LogP contribution >= 0.6 is 0 Å². The highest BCUT2D eigenvalue weighted by atomic mass is 16.4. The monoisotopic (exact) mass is 236 g/mol. The molecule has 5 heteroatoms. The number of hydrogen-bond donors (Lipinski definition) is 3. The van der Waals surface area contributed by atoms with Gasteiger partial charge in [0.15, 0.2) is 0 Å². The van der Waals surface area contributed by atoms with Crippen molar-refractivity contribution in [3.05, 3.63) is 30.3 Å². The number of carbonyl (C=O) groups excluding carboxylic acids is 1. The van der Waals surface area contributed by atoms with Crippen molar-refractivity contribution in [1.29, 1.82) is 0 Å². The Morgan fingerprint density at radius 1 is 1.29 bits per heavy atom. The molecular weight excluding hydrogens is 220 g/mol. The summed E-state index contributed by atoms with van der Waals surface area (Å²) in [4.78, 5) is 21.8. The second-order valence-electron chi connectivity index (χ2n) is 3.79. The van der Waals surface area contributed by atoms with Gasteiger partial charge in [-0.1, -0.05) is 18.2 Å². The van der Waals surface area contributed by atoms with Gasteiger partial charge in [0.25, 0.3) is 0 Å². The second kappa shape index (κ2) is 6.52. The van der Waals surface area contributed by atoms with Crippen LogP contribution in [0.25, 0.3) is 0 Å². The first-order chi connectivity index (χ1) is 8.08. The highest BCUT2D eigenvalue weighted by Crippen LogP contribution is 2.03. The van der Waals surface area contributed by atoms with Crippen LogP contribution in [0.2, 0.25) is 0 Å². The third-order valence-electron chi connectivity index (χ3n) is 2.12. The first-order valence-electron chi connectivity index (χ1n) is 5.38. The molecule has 5 nitrogen and oxygen atoms in total. The Hall–Kier alpha value is -2.04. The highest BCUT2D eigenvalue weighted by molar-refractivity contribution is 5.81. The Morgan fingerprint density at radius 3 is 2.53 bits per heavy atom. The molecule has 0 saturated heterocycles. The molecule has 0 spiro atoms. The van der Waals surface area contributed by atoms with Gasteiger partial charge in [0.1, 0.15) is 0 Å². The van der Waals surface area contributed by atoms with E-state index in [2.05, 4.69) is 10.6 Å². The molecule has 17 heavy (non-hydrogen) atoms. The van der Waals surface area contributed by atoms with Crippen molar-refractivity contribution in [2.75, 3.05) is 11.9 Å². The molecule has 0 fully saturated rings. The molecule has 1 aromatic rings. The fourth-order valence-electron chi connectivity index (χ4n) is 1.38. The van der Waals surface area contributed by atoms with Crippen LogP contribution in [0.15, 0.2) is 30.3 Å². The van der Waals surface area contributed by atoms with Crippen LogP contribution in [0.5, 0.6) is 0 Å². The minimum Gasteiger partial charge on any atom is -0.481 e. The van der Waals surface area contributed by atoms with Crippen LogP contribution in [0.4, 0.5) is 5.69 Å². The van der Waals surface area contributed by atoms with Crippen molar-refractivity contribution in [2.45, 2.75) is 19.4 Å². The third kappa shape index (κ3) is 5.55. The van der Waals surface area contributed by atoms with E-state index in [4.69, 9.17) is 5.11 Å². The van der Waals surface area contributed by atoms with Crippen molar-refractivity contribution in [3.63, 3.8) is 0 Å². The summed E-state index contributed by atoms with van der Waals surface area (Å²) in [6, 6.07) is 8.97. The minimum absolute atomic E-state index is 0.0723. The van der Waals surface area contributed by atoms with Crippen molar-refractivity contribution >= 4 is 17.6 Å². The van der Waals surface area contributed by atoms with E-state index in [9.17, 15) is 9.59 Å². The minimum atomic E-state index is -0.922. The van der Waals surface area contributed by atoms with Crippen molar-refractivity contribution in [2.24, 2.45) is 0 Å². The van der Waals surface area contributed by atoms with E-state index in [1.54, 1.807) is 6.92 Å². The van der Waals surface area contributed by atoms with Gasteiger partial charge in [-0.05, 0) is 19.1 Å². The predicted molar refractivity (Wildman–Crippen MR) is 64.8 cm³/mol. The number of benzene rings is 1. The Kier molecular flexibility index (Phi) is 5.00. The zero-order chi connectivity index (χ0) is 12.7. The summed E-state index contributed by atoms with van der Waals surface area (Å²) in [6.07, 6.45) is -0.0723. The topological polar surface area (TPSA) is 78.4 Å². The average Bonchev–Trinajstić information content (AvgIpc) is 2.26. The van der Waals surface area contributed by atoms with E-state index in [-0.39, 0.29) is 24.9 Å². The standard InChI is InChI=1S/C12H16N2O3/c1-9(7-12(16)17)14-11(15)8-13-10-5-3-2-4-6-10/h2-6,9,13H,7-8H2,1H3,(H,14,15)(H,16,17). The molecule has 0 bridgehead atoms. The zero-order valence-corrected chi connectivity index (χ0v) is 9.64. The fraction of sp³-hybridized carbons (Fsp3) is 0.333. The van der Waals surface area contributed by atoms with Gasteiger partial charge in [0.2, 0.25) is 5.91 Å². The normalized spacial score (nSPS) is 11.6. The molecular formula is C12H16N2O3. The summed E-state index contributed by atoms with van der Waals surface area (Å²) >= 11 is 0. The van der Waals surface area contributed by atoms with Crippen LogP contribution in [-0.2, 0) is 9.59 Å². The number of nitrogens with one attached hydrogen (secondary N) is 2. The largest absolute Gasteiger partial charge is 0.481 e. The molecule has 0 radical (unpaired) electrons. The molecule has 0 aromatic heterocycles. The lowest BCUT2D eigenvalue weighted by molar-refractivity contribution is -0.137. The number of rotatable bonds is 6. The van der Waals surface area contributed by atoms with Crippen molar-refractivity contribution in [1.82, 2.24) is 5.32 Å². The number of para-hydroxylation sites is 1. The molecule has 0 saturated carbocycles. The summed E-state index contributed by atoms with van der Waals surface area (Å²) in [5, 5.41) is 14.1. The fourth-order valence-corrected chi connectivity index (χ4v) is 1.38. The van der Waals surface area contributed by atoms with Gasteiger partial charge in [-0.3, -0.25) is 9.59 Å². The van der Waals surface area contributed by atoms with Gasteiger partial charge in [-0.2, -0.15) is 0 Å². The van der Waals surface area contributed by atoms with Crippen LogP contribution in [-0.4, -0.2) is 29.6 Å². The van der Waals surface area contributed by atoms with E-state index >= 15 is 0 Å². The maximum Gasteiger partial charge on any atom is 0.305 e. The second-order valence-corrected chi connectivity index (χ2v) is 3.79. The molecule has 92 valence electrons. The van der Waals surface area contributed by atoms with Crippen LogP contribution in [0.3, 0.4) is 0 Å². The predicted octanol–water partition coefficient (Wildman–Crippen LogP) is 1.08. The number of carbonyl (C=O) groups is 2. The van der Waals surface area contributed by atoms with Crippen LogP contribution in [0.1, 0.15) is 13.3 Å². The van der Waals surface area contributed by atoms with Gasteiger partial charge < -0.3 is 15.7 Å². The van der Waals surface area contributed by atoms with Crippen LogP contribution in [0, 0.1) is 0 Å². The zero-order valence-electron chi connectivity index (χ0n) is 9.64. The Morgan fingerprint density at radius 2 is 1.94 bits per heavy atom. The molecule has 0 heterocycles. The third-order valence-corrected chi connectivity index (χ3v) is 2.12. The first-order valence-corrected chi connectivity index (χ1v) is 5.38. The van der Waals surface area contributed by atoms with Crippen molar-refractivity contribution in [3.8, 4) is 0 Å². The SMILES string of the molecule is CC(CC(=O)O)NC(=O)CNc1ccccc1. The summed E-state index contributed by atoms with van der Waals surface area (Å²) < 4.78 is 0. The maximum absolute atomic E-state index is 11.4. The maximum atomic E-state index is 11.4. The van der Waals surface area contributed by atoms with E-state index in [0.29, 0.717) is 0 Å². The Bertz CT molecular complexity index is 379. The first kappa shape index (κ1) is 13.0. The molecule has 0 aliphatic carbocycles. The van der Waals surface area contributed by atoms with E-state index in [1.807, 2.05) is 30.3 Å². The molecule has 3 N–H and O–H groups in total. The van der Waals surface area contributed by atoms with Crippen molar-refractivity contribution < 1.29 is 14.7 Å². The number of hydrogen-bond acceptors (Lipinski definition) is 3. The molecule has 1 amide bonds.